The number of esters is 1. The van der Waals surface area contributed by atoms with Crippen molar-refractivity contribution in [2.24, 2.45) is 5.92 Å². The van der Waals surface area contributed by atoms with E-state index in [1.54, 1.807) is 0 Å². The van der Waals surface area contributed by atoms with Gasteiger partial charge in [-0.25, -0.2) is 13.2 Å². The summed E-state index contributed by atoms with van der Waals surface area (Å²) in [5, 5.41) is 2.89. The van der Waals surface area contributed by atoms with Gasteiger partial charge in [0.05, 0.1) is 10.5 Å². The molecule has 1 aromatic rings. The number of halogens is 2. The molecule has 1 fully saturated rings. The topological polar surface area (TPSA) is 89.5 Å². The highest BCUT2D eigenvalue weighted by Gasteiger charge is 2.28. The molecule has 27 heavy (non-hydrogen) atoms. The van der Waals surface area contributed by atoms with Crippen LogP contribution in [0.4, 0.5) is 8.78 Å². The molecule has 1 saturated carbocycles. The van der Waals surface area contributed by atoms with Crippen LogP contribution in [0.15, 0.2) is 29.2 Å². The number of hydrogen-bond donors (Lipinski definition) is 1. The van der Waals surface area contributed by atoms with Crippen molar-refractivity contribution < 1.29 is 31.5 Å². The fraction of sp³-hybridized carbons (Fsp3) is 0.556. The molecule has 0 unspecified atom stereocenters. The van der Waals surface area contributed by atoms with Crippen LogP contribution in [-0.2, 0) is 19.4 Å². The maximum atomic E-state index is 12.5. The van der Waals surface area contributed by atoms with Crippen molar-refractivity contribution in [2.45, 2.75) is 62.3 Å². The first-order valence-corrected chi connectivity index (χ1v) is 10.3. The highest BCUT2D eigenvalue weighted by Crippen LogP contribution is 2.24. The second-order valence-corrected chi connectivity index (χ2v) is 8.67. The number of ether oxygens (including phenoxy) is 1. The molecule has 1 aliphatic carbocycles. The fourth-order valence-electron chi connectivity index (χ4n) is 3.00. The third-order valence-electron chi connectivity index (χ3n) is 4.75. The van der Waals surface area contributed by atoms with Crippen LogP contribution >= 0.6 is 0 Å². The SMILES string of the molecule is C[C@@H](OC(=O)c1ccc(S(=O)(=O)C(F)F)cc1)C(=O)N[C@H]1CCCC[C@@H]1C. The normalized spacial score (nSPS) is 21.5. The summed E-state index contributed by atoms with van der Waals surface area (Å²) in [6.45, 7) is 3.51. The van der Waals surface area contributed by atoms with E-state index in [-0.39, 0.29) is 11.6 Å². The minimum atomic E-state index is -4.73. The molecule has 1 N–H and O–H groups in total. The highest BCUT2D eigenvalue weighted by atomic mass is 32.2. The van der Waals surface area contributed by atoms with Crippen LogP contribution in [0.1, 0.15) is 49.9 Å². The number of sulfone groups is 1. The Kier molecular flexibility index (Phi) is 6.91. The van der Waals surface area contributed by atoms with Crippen molar-refractivity contribution in [3.05, 3.63) is 29.8 Å². The van der Waals surface area contributed by atoms with E-state index in [0.29, 0.717) is 5.92 Å². The zero-order chi connectivity index (χ0) is 20.2. The third-order valence-corrected chi connectivity index (χ3v) is 6.14. The predicted octanol–water partition coefficient (Wildman–Crippen LogP) is 2.92. The van der Waals surface area contributed by atoms with Gasteiger partial charge in [-0.3, -0.25) is 4.79 Å². The second kappa shape index (κ2) is 8.77. The summed E-state index contributed by atoms with van der Waals surface area (Å²) in [5.74, 6) is -4.43. The van der Waals surface area contributed by atoms with Crippen molar-refractivity contribution in [1.82, 2.24) is 5.32 Å². The first kappa shape index (κ1) is 21.3. The molecule has 0 spiro atoms. The number of amides is 1. The highest BCUT2D eigenvalue weighted by molar-refractivity contribution is 7.91. The largest absolute Gasteiger partial charge is 0.449 e. The standard InChI is InChI=1S/C18H23F2NO5S/c1-11-5-3-4-6-15(11)21-16(22)12(2)26-17(23)13-7-9-14(10-8-13)27(24,25)18(19)20/h7-12,15,18H,3-6H2,1-2H3,(H,21,22)/t11-,12+,15-/m0/s1. The van der Waals surface area contributed by atoms with Gasteiger partial charge in [0, 0.05) is 6.04 Å². The molecular formula is C18H23F2NO5S. The number of hydrogen-bond acceptors (Lipinski definition) is 5. The van der Waals surface area contributed by atoms with E-state index in [4.69, 9.17) is 4.74 Å². The van der Waals surface area contributed by atoms with Crippen molar-refractivity contribution in [3.63, 3.8) is 0 Å². The van der Waals surface area contributed by atoms with Crippen LogP contribution in [0, 0.1) is 5.92 Å². The number of carbonyl (C=O) groups excluding carboxylic acids is 2. The summed E-state index contributed by atoms with van der Waals surface area (Å²) in [4.78, 5) is 23.8. The molecule has 1 aromatic carbocycles. The van der Waals surface area contributed by atoms with E-state index in [1.807, 2.05) is 0 Å². The number of carbonyl (C=O) groups is 2. The minimum absolute atomic E-state index is 0.0334. The van der Waals surface area contributed by atoms with Gasteiger partial charge in [0.1, 0.15) is 0 Å². The lowest BCUT2D eigenvalue weighted by atomic mass is 9.86. The molecule has 0 heterocycles. The lowest BCUT2D eigenvalue weighted by Crippen LogP contribution is -2.45. The Bertz CT molecular complexity index is 779. The Labute approximate surface area is 157 Å². The van der Waals surface area contributed by atoms with Gasteiger partial charge in [-0.1, -0.05) is 19.8 Å². The van der Waals surface area contributed by atoms with Crippen LogP contribution in [0.3, 0.4) is 0 Å². The lowest BCUT2D eigenvalue weighted by Gasteiger charge is -2.30. The fourth-order valence-corrected chi connectivity index (χ4v) is 3.72. The summed E-state index contributed by atoms with van der Waals surface area (Å²) in [5.41, 5.74) is -0.0334. The van der Waals surface area contributed by atoms with Crippen molar-refractivity contribution in [3.8, 4) is 0 Å². The maximum Gasteiger partial charge on any atom is 0.341 e. The number of benzene rings is 1. The van der Waals surface area contributed by atoms with E-state index in [0.717, 1.165) is 49.9 Å². The van der Waals surface area contributed by atoms with Gasteiger partial charge in [0.2, 0.25) is 9.84 Å². The minimum Gasteiger partial charge on any atom is -0.449 e. The summed E-state index contributed by atoms with van der Waals surface area (Å²) in [6.07, 6.45) is 3.06. The average Bonchev–Trinajstić information content (AvgIpc) is 2.63. The molecule has 0 saturated heterocycles. The van der Waals surface area contributed by atoms with Gasteiger partial charge in [-0.15, -0.1) is 0 Å². The average molecular weight is 403 g/mol. The van der Waals surface area contributed by atoms with Crippen LogP contribution in [0.25, 0.3) is 0 Å². The molecule has 6 nitrogen and oxygen atoms in total. The van der Waals surface area contributed by atoms with Crippen LogP contribution in [-0.4, -0.2) is 38.2 Å². The van der Waals surface area contributed by atoms with Crippen molar-refractivity contribution in [1.29, 1.82) is 0 Å². The maximum absolute atomic E-state index is 12.5. The van der Waals surface area contributed by atoms with Gasteiger partial charge in [0.15, 0.2) is 6.10 Å². The summed E-state index contributed by atoms with van der Waals surface area (Å²) in [7, 11) is -4.73. The van der Waals surface area contributed by atoms with E-state index >= 15 is 0 Å². The summed E-state index contributed by atoms with van der Waals surface area (Å²) in [6, 6.07) is 4.02. The Morgan fingerprint density at radius 1 is 1.15 bits per heavy atom. The smallest absolute Gasteiger partial charge is 0.341 e. The molecule has 0 bridgehead atoms. The Balaban J connectivity index is 1.96. The van der Waals surface area contributed by atoms with Crippen molar-refractivity contribution in [2.75, 3.05) is 0 Å². The van der Waals surface area contributed by atoms with Crippen LogP contribution in [0.5, 0.6) is 0 Å². The molecule has 3 atom stereocenters. The molecule has 1 amide bonds. The van der Waals surface area contributed by atoms with E-state index in [2.05, 4.69) is 12.2 Å². The Morgan fingerprint density at radius 3 is 2.30 bits per heavy atom. The van der Waals surface area contributed by atoms with E-state index in [9.17, 15) is 26.8 Å². The molecule has 1 aliphatic rings. The second-order valence-electron chi connectivity index (χ2n) is 6.75. The quantitative estimate of drug-likeness (QED) is 0.738. The molecule has 2 rings (SSSR count). The predicted molar refractivity (Wildman–Crippen MR) is 94.1 cm³/mol. The summed E-state index contributed by atoms with van der Waals surface area (Å²) < 4.78 is 52.9. The van der Waals surface area contributed by atoms with Crippen LogP contribution in [0.2, 0.25) is 0 Å². The third kappa shape index (κ3) is 5.24. The van der Waals surface area contributed by atoms with Gasteiger partial charge >= 0.3 is 11.7 Å². The Morgan fingerprint density at radius 2 is 1.74 bits per heavy atom. The van der Waals surface area contributed by atoms with E-state index < -0.39 is 38.5 Å². The van der Waals surface area contributed by atoms with Gasteiger partial charge in [-0.2, -0.15) is 8.78 Å². The molecular weight excluding hydrogens is 380 g/mol. The first-order valence-electron chi connectivity index (χ1n) is 8.76. The molecule has 0 radical (unpaired) electrons. The Hall–Kier alpha value is -2.03. The van der Waals surface area contributed by atoms with Crippen LogP contribution < -0.4 is 5.32 Å². The molecule has 0 aromatic heterocycles. The van der Waals surface area contributed by atoms with E-state index in [1.165, 1.54) is 6.92 Å². The zero-order valence-electron chi connectivity index (χ0n) is 15.2. The van der Waals surface area contributed by atoms with Gasteiger partial charge in [-0.05, 0) is 49.9 Å². The first-order chi connectivity index (χ1) is 12.6. The lowest BCUT2D eigenvalue weighted by molar-refractivity contribution is -0.130. The molecule has 0 aliphatic heterocycles. The summed E-state index contributed by atoms with van der Waals surface area (Å²) >= 11 is 0. The number of rotatable bonds is 6. The molecule has 150 valence electrons. The number of alkyl halides is 2. The van der Waals surface area contributed by atoms with Crippen molar-refractivity contribution >= 4 is 21.7 Å². The molecule has 9 heteroatoms. The zero-order valence-corrected chi connectivity index (χ0v) is 16.0. The van der Waals surface area contributed by atoms with Gasteiger partial charge < -0.3 is 10.1 Å². The monoisotopic (exact) mass is 403 g/mol. The van der Waals surface area contributed by atoms with Gasteiger partial charge in [0.25, 0.3) is 5.91 Å². The number of nitrogens with one attached hydrogen (secondary N) is 1.